The minimum atomic E-state index is -3.60. The number of nitrogens with zero attached hydrogens (tertiary/aromatic N) is 2. The molecule has 0 bridgehead atoms. The number of carbonyl (C=O) groups is 1. The maximum absolute atomic E-state index is 13.2. The summed E-state index contributed by atoms with van der Waals surface area (Å²) in [6.45, 7) is 1.09. The van der Waals surface area contributed by atoms with Gasteiger partial charge in [-0.1, -0.05) is 12.8 Å². The summed E-state index contributed by atoms with van der Waals surface area (Å²) in [5.41, 5.74) is 0.781. The Hall–Kier alpha value is -2.50. The zero-order valence-corrected chi connectivity index (χ0v) is 20.7. The molecule has 186 valence electrons. The molecule has 1 aliphatic rings. The van der Waals surface area contributed by atoms with E-state index in [0.717, 1.165) is 36.2 Å². The van der Waals surface area contributed by atoms with Crippen molar-refractivity contribution < 1.29 is 26.0 Å². The molecular weight excluding hydrogens is 481 g/mol. The highest BCUT2D eigenvalue weighted by Gasteiger charge is 2.25. The van der Waals surface area contributed by atoms with Crippen LogP contribution in [0.3, 0.4) is 0 Å². The van der Waals surface area contributed by atoms with E-state index in [1.54, 1.807) is 12.1 Å². The fourth-order valence-corrected chi connectivity index (χ4v) is 6.32. The first-order chi connectivity index (χ1) is 16.1. The number of benzene rings is 2. The maximum Gasteiger partial charge on any atom is 0.243 e. The predicted octanol–water partition coefficient (Wildman–Crippen LogP) is 3.58. The summed E-state index contributed by atoms with van der Waals surface area (Å²) in [4.78, 5) is 12.5. The summed E-state index contributed by atoms with van der Waals surface area (Å²) < 4.78 is 65.7. The molecule has 1 N–H and O–H groups in total. The average molecular weight is 512 g/mol. The second-order valence-corrected chi connectivity index (χ2v) is 12.2. The zero-order valence-electron chi connectivity index (χ0n) is 19.1. The maximum atomic E-state index is 13.2. The van der Waals surface area contributed by atoms with Gasteiger partial charge in [0.25, 0.3) is 0 Å². The molecule has 2 aromatic rings. The first kappa shape index (κ1) is 26.1. The van der Waals surface area contributed by atoms with Crippen molar-refractivity contribution in [3.63, 3.8) is 0 Å². The average Bonchev–Trinajstić information content (AvgIpc) is 3.07. The third-order valence-corrected chi connectivity index (χ3v) is 8.73. The first-order valence-corrected chi connectivity index (χ1v) is 14.5. The number of hydrogen-bond acceptors (Lipinski definition) is 5. The van der Waals surface area contributed by atoms with Gasteiger partial charge in [-0.3, -0.25) is 9.10 Å². The topological polar surface area (TPSA) is 104 Å². The van der Waals surface area contributed by atoms with Gasteiger partial charge in [-0.2, -0.15) is 4.31 Å². The van der Waals surface area contributed by atoms with Gasteiger partial charge < -0.3 is 5.32 Å². The van der Waals surface area contributed by atoms with Gasteiger partial charge in [0.15, 0.2) is 0 Å². The minimum absolute atomic E-state index is 0.0566. The lowest BCUT2D eigenvalue weighted by atomic mass is 10.2. The lowest BCUT2D eigenvalue weighted by Gasteiger charge is -2.22. The summed E-state index contributed by atoms with van der Waals surface area (Å²) in [5, 5.41) is 2.70. The molecule has 2 aromatic carbocycles. The molecule has 0 aliphatic carbocycles. The number of halogens is 1. The van der Waals surface area contributed by atoms with Gasteiger partial charge in [-0.25, -0.2) is 21.2 Å². The van der Waals surface area contributed by atoms with E-state index < -0.39 is 25.9 Å². The van der Waals surface area contributed by atoms with E-state index in [4.69, 9.17) is 0 Å². The molecule has 0 unspecified atom stereocenters. The number of carbonyl (C=O) groups excluding carboxylic acids is 1. The van der Waals surface area contributed by atoms with Crippen molar-refractivity contribution in [2.75, 3.05) is 35.5 Å². The van der Waals surface area contributed by atoms with Crippen molar-refractivity contribution in [2.45, 2.75) is 43.4 Å². The van der Waals surface area contributed by atoms with Gasteiger partial charge in [0, 0.05) is 31.7 Å². The zero-order chi connectivity index (χ0) is 24.8. The monoisotopic (exact) mass is 511 g/mol. The van der Waals surface area contributed by atoms with Crippen LogP contribution in [0, 0.1) is 5.82 Å². The van der Waals surface area contributed by atoms with Crippen LogP contribution in [-0.2, 0) is 24.8 Å². The van der Waals surface area contributed by atoms with Crippen molar-refractivity contribution >= 4 is 37.3 Å². The molecular formula is C23H30FN3O5S2. The number of rotatable bonds is 9. The van der Waals surface area contributed by atoms with Crippen LogP contribution in [0.2, 0.25) is 0 Å². The largest absolute Gasteiger partial charge is 0.326 e. The fraction of sp³-hybridized carbons (Fsp3) is 0.435. The highest BCUT2D eigenvalue weighted by molar-refractivity contribution is 7.92. The van der Waals surface area contributed by atoms with Crippen LogP contribution in [-0.4, -0.2) is 52.9 Å². The third-order valence-electron chi connectivity index (χ3n) is 5.62. The highest BCUT2D eigenvalue weighted by atomic mass is 32.2. The van der Waals surface area contributed by atoms with Crippen molar-refractivity contribution in [2.24, 2.45) is 0 Å². The predicted molar refractivity (Wildman–Crippen MR) is 130 cm³/mol. The van der Waals surface area contributed by atoms with E-state index in [0.29, 0.717) is 24.5 Å². The molecule has 0 spiro atoms. The van der Waals surface area contributed by atoms with Gasteiger partial charge in [-0.05, 0) is 67.8 Å². The summed E-state index contributed by atoms with van der Waals surface area (Å²) in [6.07, 6.45) is 5.12. The van der Waals surface area contributed by atoms with E-state index in [-0.39, 0.29) is 30.2 Å². The molecule has 11 heteroatoms. The van der Waals surface area contributed by atoms with E-state index in [2.05, 4.69) is 5.32 Å². The molecule has 3 rings (SSSR count). The van der Waals surface area contributed by atoms with Crippen LogP contribution < -0.4 is 9.62 Å². The quantitative estimate of drug-likeness (QED) is 0.554. The van der Waals surface area contributed by atoms with E-state index in [9.17, 15) is 26.0 Å². The van der Waals surface area contributed by atoms with Crippen molar-refractivity contribution in [3.05, 3.63) is 54.3 Å². The standard InChI is InChI=1S/C23H30FN3O5S2/c1-33(29,30)27(21-12-8-19(24)9-13-21)18-6-7-23(28)25-20-10-14-22(15-11-20)34(31,32)26-16-4-2-3-5-17-26/h8-15H,2-7,16-18H2,1H3,(H,25,28). The van der Waals surface area contributed by atoms with Gasteiger partial charge in [0.2, 0.25) is 26.0 Å². The Kier molecular flexibility index (Phi) is 8.67. The molecule has 1 fully saturated rings. The Morgan fingerprint density at radius 1 is 0.941 bits per heavy atom. The van der Waals surface area contributed by atoms with Gasteiger partial charge in [0.05, 0.1) is 16.8 Å². The van der Waals surface area contributed by atoms with Crippen LogP contribution in [0.1, 0.15) is 38.5 Å². The Morgan fingerprint density at radius 3 is 2.09 bits per heavy atom. The molecule has 34 heavy (non-hydrogen) atoms. The lowest BCUT2D eigenvalue weighted by Crippen LogP contribution is -2.32. The molecule has 0 saturated carbocycles. The Bertz CT molecular complexity index is 1180. The van der Waals surface area contributed by atoms with Crippen molar-refractivity contribution in [1.29, 1.82) is 0 Å². The second kappa shape index (κ2) is 11.3. The third kappa shape index (κ3) is 7.00. The Balaban J connectivity index is 1.56. The normalized spacial score (nSPS) is 15.5. The van der Waals surface area contributed by atoms with Crippen molar-refractivity contribution in [3.8, 4) is 0 Å². The number of nitrogens with one attached hydrogen (secondary N) is 1. The molecule has 0 aromatic heterocycles. The SMILES string of the molecule is CS(=O)(=O)N(CCCC(=O)Nc1ccc(S(=O)(=O)N2CCCCCC2)cc1)c1ccc(F)cc1. The van der Waals surface area contributed by atoms with E-state index >= 15 is 0 Å². The fourth-order valence-electron chi connectivity index (χ4n) is 3.84. The van der Waals surface area contributed by atoms with Crippen LogP contribution in [0.15, 0.2) is 53.4 Å². The summed E-state index contributed by atoms with van der Waals surface area (Å²) in [6, 6.07) is 11.2. The number of amides is 1. The number of sulfonamides is 2. The second-order valence-electron chi connectivity index (χ2n) is 8.31. The lowest BCUT2D eigenvalue weighted by molar-refractivity contribution is -0.116. The minimum Gasteiger partial charge on any atom is -0.326 e. The summed E-state index contributed by atoms with van der Waals surface area (Å²) >= 11 is 0. The molecule has 1 amide bonds. The van der Waals surface area contributed by atoms with Crippen LogP contribution in [0.25, 0.3) is 0 Å². The highest BCUT2D eigenvalue weighted by Crippen LogP contribution is 2.22. The molecule has 8 nitrogen and oxygen atoms in total. The Morgan fingerprint density at radius 2 is 1.53 bits per heavy atom. The number of hydrogen-bond donors (Lipinski definition) is 1. The van der Waals surface area contributed by atoms with Crippen LogP contribution in [0.5, 0.6) is 0 Å². The molecule has 1 saturated heterocycles. The van der Waals surface area contributed by atoms with Gasteiger partial charge >= 0.3 is 0 Å². The Labute approximate surface area is 200 Å². The van der Waals surface area contributed by atoms with Crippen LogP contribution in [0.4, 0.5) is 15.8 Å². The van der Waals surface area contributed by atoms with Crippen LogP contribution >= 0.6 is 0 Å². The van der Waals surface area contributed by atoms with Gasteiger partial charge in [0.1, 0.15) is 5.82 Å². The molecule has 1 aliphatic heterocycles. The van der Waals surface area contributed by atoms with Crippen molar-refractivity contribution in [1.82, 2.24) is 4.31 Å². The molecule has 0 radical (unpaired) electrons. The summed E-state index contributed by atoms with van der Waals surface area (Å²) in [7, 11) is -7.16. The summed E-state index contributed by atoms with van der Waals surface area (Å²) in [5.74, 6) is -0.794. The smallest absolute Gasteiger partial charge is 0.243 e. The van der Waals surface area contributed by atoms with E-state index in [1.807, 2.05) is 0 Å². The molecule has 1 heterocycles. The van der Waals surface area contributed by atoms with Gasteiger partial charge in [-0.15, -0.1) is 0 Å². The van der Waals surface area contributed by atoms with E-state index in [1.165, 1.54) is 40.7 Å². The number of anilines is 2. The first-order valence-electron chi connectivity index (χ1n) is 11.2. The molecule has 0 atom stereocenters.